The summed E-state index contributed by atoms with van der Waals surface area (Å²) in [6.45, 7) is 12.4. The van der Waals surface area contributed by atoms with Crippen LogP contribution in [-0.2, 0) is 14.9 Å². The standard InChI is InChI=1S/C15H26N2O2S/c1-7-9-14(3,4)17-13-16-11(10-20-13)15(5,6)12(18)19-8-2/h10H,7-9H2,1-6H3,(H,16,17). The van der Waals surface area contributed by atoms with E-state index in [0.717, 1.165) is 23.7 Å². The van der Waals surface area contributed by atoms with Gasteiger partial charge in [0.2, 0.25) is 0 Å². The molecule has 1 aromatic heterocycles. The molecule has 5 heteroatoms. The topological polar surface area (TPSA) is 51.2 Å². The molecular formula is C15H26N2O2S. The van der Waals surface area contributed by atoms with Crippen molar-refractivity contribution in [2.75, 3.05) is 11.9 Å². The van der Waals surface area contributed by atoms with Crippen LogP contribution in [0.5, 0.6) is 0 Å². The Kier molecular flexibility index (Phi) is 5.57. The summed E-state index contributed by atoms with van der Waals surface area (Å²) in [5.74, 6) is -0.232. The lowest BCUT2D eigenvalue weighted by Gasteiger charge is -2.25. The molecule has 0 radical (unpaired) electrons. The molecular weight excluding hydrogens is 272 g/mol. The maximum atomic E-state index is 12.0. The van der Waals surface area contributed by atoms with Gasteiger partial charge in [-0.1, -0.05) is 13.3 Å². The number of ether oxygens (including phenoxy) is 1. The summed E-state index contributed by atoms with van der Waals surface area (Å²) in [4.78, 5) is 16.5. The molecule has 1 N–H and O–H groups in total. The van der Waals surface area contributed by atoms with E-state index >= 15 is 0 Å². The van der Waals surface area contributed by atoms with Gasteiger partial charge in [-0.3, -0.25) is 4.79 Å². The van der Waals surface area contributed by atoms with Crippen molar-refractivity contribution in [1.82, 2.24) is 4.98 Å². The van der Waals surface area contributed by atoms with Crippen molar-refractivity contribution in [3.8, 4) is 0 Å². The number of thiazole rings is 1. The fourth-order valence-electron chi connectivity index (χ4n) is 2.01. The van der Waals surface area contributed by atoms with Crippen LogP contribution in [0.1, 0.15) is 60.1 Å². The molecule has 0 fully saturated rings. The van der Waals surface area contributed by atoms with E-state index in [2.05, 4.69) is 31.1 Å². The minimum absolute atomic E-state index is 0.0118. The molecule has 0 aromatic carbocycles. The van der Waals surface area contributed by atoms with Gasteiger partial charge in [0.15, 0.2) is 5.13 Å². The van der Waals surface area contributed by atoms with Gasteiger partial charge in [0, 0.05) is 10.9 Å². The summed E-state index contributed by atoms with van der Waals surface area (Å²) in [6, 6.07) is 0. The maximum Gasteiger partial charge on any atom is 0.317 e. The quantitative estimate of drug-likeness (QED) is 0.774. The first-order chi connectivity index (χ1) is 9.23. The molecule has 0 saturated carbocycles. The van der Waals surface area contributed by atoms with Crippen LogP contribution in [0.25, 0.3) is 0 Å². The third-order valence-electron chi connectivity index (χ3n) is 3.25. The number of nitrogens with one attached hydrogen (secondary N) is 1. The summed E-state index contributed by atoms with van der Waals surface area (Å²) in [5, 5.41) is 6.23. The molecule has 20 heavy (non-hydrogen) atoms. The van der Waals surface area contributed by atoms with E-state index in [9.17, 15) is 4.79 Å². The number of esters is 1. The molecule has 1 aromatic rings. The largest absolute Gasteiger partial charge is 0.465 e. The molecule has 0 atom stereocenters. The first-order valence-corrected chi connectivity index (χ1v) is 8.02. The van der Waals surface area contributed by atoms with Gasteiger partial charge in [-0.15, -0.1) is 11.3 Å². The van der Waals surface area contributed by atoms with Crippen LogP contribution in [0, 0.1) is 0 Å². The van der Waals surface area contributed by atoms with Crippen molar-refractivity contribution in [1.29, 1.82) is 0 Å². The van der Waals surface area contributed by atoms with Gasteiger partial charge < -0.3 is 10.1 Å². The number of hydrogen-bond donors (Lipinski definition) is 1. The third-order valence-corrected chi connectivity index (χ3v) is 4.01. The minimum Gasteiger partial charge on any atom is -0.465 e. The zero-order valence-electron chi connectivity index (χ0n) is 13.4. The first kappa shape index (κ1) is 17.0. The minimum atomic E-state index is -0.707. The molecule has 0 aliphatic heterocycles. The van der Waals surface area contributed by atoms with Crippen molar-refractivity contribution in [2.45, 2.75) is 65.3 Å². The van der Waals surface area contributed by atoms with Crippen molar-refractivity contribution < 1.29 is 9.53 Å². The van der Waals surface area contributed by atoms with E-state index in [1.54, 1.807) is 0 Å². The average molecular weight is 298 g/mol. The Morgan fingerprint density at radius 1 is 1.35 bits per heavy atom. The van der Waals surface area contributed by atoms with E-state index in [1.807, 2.05) is 26.2 Å². The number of anilines is 1. The second-order valence-electron chi connectivity index (χ2n) is 6.14. The highest BCUT2D eigenvalue weighted by molar-refractivity contribution is 7.13. The van der Waals surface area contributed by atoms with Crippen LogP contribution in [0.3, 0.4) is 0 Å². The number of carbonyl (C=O) groups excluding carboxylic acids is 1. The van der Waals surface area contributed by atoms with Crippen LogP contribution in [0.15, 0.2) is 5.38 Å². The van der Waals surface area contributed by atoms with Gasteiger partial charge in [0.25, 0.3) is 0 Å². The van der Waals surface area contributed by atoms with E-state index < -0.39 is 5.41 Å². The van der Waals surface area contributed by atoms with Gasteiger partial charge in [-0.05, 0) is 41.0 Å². The van der Waals surface area contributed by atoms with Crippen LogP contribution in [0.2, 0.25) is 0 Å². The molecule has 0 spiro atoms. The second-order valence-corrected chi connectivity index (χ2v) is 7.00. The zero-order valence-corrected chi connectivity index (χ0v) is 14.2. The predicted octanol–water partition coefficient (Wildman–Crippen LogP) is 3.97. The fourth-order valence-corrected chi connectivity index (χ4v) is 3.07. The lowest BCUT2D eigenvalue weighted by Crippen LogP contribution is -2.32. The van der Waals surface area contributed by atoms with E-state index in [-0.39, 0.29) is 11.5 Å². The van der Waals surface area contributed by atoms with Gasteiger partial charge >= 0.3 is 5.97 Å². The summed E-state index contributed by atoms with van der Waals surface area (Å²) >= 11 is 1.53. The Balaban J connectivity index is 2.84. The normalized spacial score (nSPS) is 12.3. The van der Waals surface area contributed by atoms with Crippen LogP contribution < -0.4 is 5.32 Å². The number of carbonyl (C=O) groups is 1. The number of hydrogen-bond acceptors (Lipinski definition) is 5. The monoisotopic (exact) mass is 298 g/mol. The van der Waals surface area contributed by atoms with Crippen LogP contribution >= 0.6 is 11.3 Å². The smallest absolute Gasteiger partial charge is 0.317 e. The molecule has 1 heterocycles. The van der Waals surface area contributed by atoms with E-state index in [4.69, 9.17) is 4.74 Å². The van der Waals surface area contributed by atoms with Crippen molar-refractivity contribution >= 4 is 22.4 Å². The third kappa shape index (κ3) is 4.20. The summed E-state index contributed by atoms with van der Waals surface area (Å²) < 4.78 is 5.12. The van der Waals surface area contributed by atoms with Gasteiger partial charge in [-0.2, -0.15) is 0 Å². The zero-order chi connectivity index (χ0) is 15.4. The lowest BCUT2D eigenvalue weighted by molar-refractivity contribution is -0.148. The molecule has 1 rings (SSSR count). The van der Waals surface area contributed by atoms with Gasteiger partial charge in [-0.25, -0.2) is 4.98 Å². The Bertz CT molecular complexity index is 452. The second kappa shape index (κ2) is 6.57. The fraction of sp³-hybridized carbons (Fsp3) is 0.733. The van der Waals surface area contributed by atoms with Gasteiger partial charge in [0.05, 0.1) is 12.3 Å². The molecule has 4 nitrogen and oxygen atoms in total. The molecule has 0 saturated heterocycles. The summed E-state index contributed by atoms with van der Waals surface area (Å²) in [7, 11) is 0. The Morgan fingerprint density at radius 3 is 2.55 bits per heavy atom. The van der Waals surface area contributed by atoms with Crippen LogP contribution in [-0.4, -0.2) is 23.1 Å². The SMILES string of the molecule is CCCC(C)(C)Nc1nc(C(C)(C)C(=O)OCC)cs1. The average Bonchev–Trinajstić information content (AvgIpc) is 2.77. The molecule has 0 aliphatic rings. The molecule has 0 amide bonds. The van der Waals surface area contributed by atoms with Crippen molar-refractivity contribution in [3.63, 3.8) is 0 Å². The van der Waals surface area contributed by atoms with Gasteiger partial charge in [0.1, 0.15) is 5.41 Å². The maximum absolute atomic E-state index is 12.0. The summed E-state index contributed by atoms with van der Waals surface area (Å²) in [6.07, 6.45) is 2.19. The number of rotatable bonds is 7. The number of nitrogens with zero attached hydrogens (tertiary/aromatic N) is 1. The van der Waals surface area contributed by atoms with E-state index in [1.165, 1.54) is 11.3 Å². The summed E-state index contributed by atoms with van der Waals surface area (Å²) in [5.41, 5.74) is 0.0648. The highest BCUT2D eigenvalue weighted by Crippen LogP contribution is 2.30. The van der Waals surface area contributed by atoms with Crippen molar-refractivity contribution in [3.05, 3.63) is 11.1 Å². The molecule has 0 aliphatic carbocycles. The Morgan fingerprint density at radius 2 is 2.00 bits per heavy atom. The molecule has 0 bridgehead atoms. The highest BCUT2D eigenvalue weighted by atomic mass is 32.1. The number of aromatic nitrogens is 1. The Labute approximate surface area is 125 Å². The molecule has 114 valence electrons. The lowest BCUT2D eigenvalue weighted by atomic mass is 9.90. The highest BCUT2D eigenvalue weighted by Gasteiger charge is 2.34. The molecule has 0 unspecified atom stereocenters. The van der Waals surface area contributed by atoms with E-state index in [0.29, 0.717) is 6.61 Å². The van der Waals surface area contributed by atoms with Crippen LogP contribution in [0.4, 0.5) is 5.13 Å². The Hall–Kier alpha value is -1.10. The first-order valence-electron chi connectivity index (χ1n) is 7.14. The van der Waals surface area contributed by atoms with Crippen molar-refractivity contribution in [2.24, 2.45) is 0 Å². The predicted molar refractivity (Wildman–Crippen MR) is 84.4 cm³/mol.